The molecule has 2 fully saturated rings. The molecule has 0 spiro atoms. The molecule has 3 rings (SSSR count). The summed E-state index contributed by atoms with van der Waals surface area (Å²) in [4.78, 5) is 2.69. The second kappa shape index (κ2) is 7.06. The molecule has 0 bridgehead atoms. The molecule has 0 amide bonds. The molecule has 2 nitrogen and oxygen atoms in total. The molecule has 20 heavy (non-hydrogen) atoms. The van der Waals surface area contributed by atoms with Crippen molar-refractivity contribution in [2.45, 2.75) is 58.0 Å². The Morgan fingerprint density at radius 3 is 2.80 bits per heavy atom. The molecule has 1 aromatic heterocycles. The average Bonchev–Trinajstić information content (AvgIpc) is 2.75. The van der Waals surface area contributed by atoms with E-state index in [1.165, 1.54) is 63.7 Å². The van der Waals surface area contributed by atoms with Crippen LogP contribution in [0.1, 0.15) is 49.7 Å². The van der Waals surface area contributed by atoms with E-state index in [2.05, 4.69) is 27.9 Å². The fraction of sp³-hybridized carbons (Fsp3) is 0.765. The van der Waals surface area contributed by atoms with Crippen LogP contribution in [-0.4, -0.2) is 30.6 Å². The van der Waals surface area contributed by atoms with Gasteiger partial charge in [-0.2, -0.15) is 11.3 Å². The Balaban J connectivity index is 1.61. The highest BCUT2D eigenvalue weighted by Gasteiger charge is 2.26. The zero-order valence-electron chi connectivity index (χ0n) is 12.7. The molecule has 1 N–H and O–H groups in total. The van der Waals surface area contributed by atoms with Gasteiger partial charge in [0.25, 0.3) is 0 Å². The predicted molar refractivity (Wildman–Crippen MR) is 87.3 cm³/mol. The van der Waals surface area contributed by atoms with Gasteiger partial charge in [0, 0.05) is 19.1 Å². The minimum atomic E-state index is 0.733. The number of hydrogen-bond donors (Lipinski definition) is 1. The maximum Gasteiger partial charge on any atom is 0.0245 e. The van der Waals surface area contributed by atoms with E-state index in [0.717, 1.165) is 18.5 Å². The van der Waals surface area contributed by atoms with Crippen LogP contribution in [0.4, 0.5) is 0 Å². The average molecular weight is 292 g/mol. The number of nitrogens with one attached hydrogen (secondary N) is 1. The zero-order valence-corrected chi connectivity index (χ0v) is 13.6. The van der Waals surface area contributed by atoms with Crippen molar-refractivity contribution in [3.8, 4) is 0 Å². The summed E-state index contributed by atoms with van der Waals surface area (Å²) in [6.45, 7) is 7.12. The van der Waals surface area contributed by atoms with E-state index >= 15 is 0 Å². The van der Waals surface area contributed by atoms with Gasteiger partial charge in [0.15, 0.2) is 0 Å². The van der Waals surface area contributed by atoms with Crippen LogP contribution in [0.5, 0.6) is 0 Å². The van der Waals surface area contributed by atoms with Crippen molar-refractivity contribution >= 4 is 11.3 Å². The largest absolute Gasteiger partial charge is 0.312 e. The van der Waals surface area contributed by atoms with Crippen LogP contribution in [0, 0.1) is 12.8 Å². The van der Waals surface area contributed by atoms with E-state index < -0.39 is 0 Å². The Morgan fingerprint density at radius 2 is 2.05 bits per heavy atom. The number of thiophene rings is 1. The first kappa shape index (κ1) is 14.6. The van der Waals surface area contributed by atoms with Crippen molar-refractivity contribution in [2.24, 2.45) is 5.92 Å². The summed E-state index contributed by atoms with van der Waals surface area (Å²) >= 11 is 1.85. The van der Waals surface area contributed by atoms with Crippen LogP contribution < -0.4 is 5.32 Å². The molecule has 1 unspecified atom stereocenters. The third-order valence-corrected chi connectivity index (χ3v) is 6.00. The summed E-state index contributed by atoms with van der Waals surface area (Å²) in [5.41, 5.74) is 3.01. The Kier molecular flexibility index (Phi) is 5.14. The van der Waals surface area contributed by atoms with Gasteiger partial charge in [0.1, 0.15) is 0 Å². The van der Waals surface area contributed by atoms with Gasteiger partial charge in [-0.3, -0.25) is 4.90 Å². The predicted octanol–water partition coefficient (Wildman–Crippen LogP) is 3.80. The summed E-state index contributed by atoms with van der Waals surface area (Å²) < 4.78 is 0. The lowest BCUT2D eigenvalue weighted by Crippen LogP contribution is -2.43. The van der Waals surface area contributed by atoms with Gasteiger partial charge in [-0.25, -0.2) is 0 Å². The molecule has 1 aromatic rings. The van der Waals surface area contributed by atoms with Gasteiger partial charge >= 0.3 is 0 Å². The molecule has 112 valence electrons. The van der Waals surface area contributed by atoms with Crippen molar-refractivity contribution in [3.63, 3.8) is 0 Å². The van der Waals surface area contributed by atoms with Gasteiger partial charge < -0.3 is 5.32 Å². The quantitative estimate of drug-likeness (QED) is 0.911. The highest BCUT2D eigenvalue weighted by molar-refractivity contribution is 7.08. The van der Waals surface area contributed by atoms with Gasteiger partial charge in [-0.15, -0.1) is 0 Å². The van der Waals surface area contributed by atoms with E-state index in [9.17, 15) is 0 Å². The minimum absolute atomic E-state index is 0.733. The maximum atomic E-state index is 3.84. The Bertz CT molecular complexity index is 409. The van der Waals surface area contributed by atoms with Crippen LogP contribution in [0.15, 0.2) is 10.8 Å². The lowest BCUT2D eigenvalue weighted by atomic mass is 9.83. The zero-order chi connectivity index (χ0) is 13.8. The van der Waals surface area contributed by atoms with Crippen molar-refractivity contribution in [1.82, 2.24) is 10.2 Å². The molecular weight excluding hydrogens is 264 g/mol. The van der Waals surface area contributed by atoms with Crippen LogP contribution in [0.2, 0.25) is 0 Å². The Hall–Kier alpha value is -0.380. The SMILES string of the molecule is Cc1cscc1CN1CCCNC(C2CCCCC2)C1. The first-order valence-corrected chi connectivity index (χ1v) is 9.24. The number of aryl methyl sites for hydroxylation is 1. The minimum Gasteiger partial charge on any atom is -0.312 e. The summed E-state index contributed by atoms with van der Waals surface area (Å²) in [5.74, 6) is 0.924. The fourth-order valence-electron chi connectivity index (χ4n) is 3.81. The van der Waals surface area contributed by atoms with Crippen molar-refractivity contribution in [2.75, 3.05) is 19.6 Å². The van der Waals surface area contributed by atoms with E-state index in [1.54, 1.807) is 5.56 Å². The van der Waals surface area contributed by atoms with E-state index in [-0.39, 0.29) is 0 Å². The topological polar surface area (TPSA) is 15.3 Å². The lowest BCUT2D eigenvalue weighted by Gasteiger charge is -2.33. The van der Waals surface area contributed by atoms with Gasteiger partial charge in [-0.05, 0) is 67.1 Å². The maximum absolute atomic E-state index is 3.84. The van der Waals surface area contributed by atoms with Crippen molar-refractivity contribution < 1.29 is 0 Å². The first-order valence-electron chi connectivity index (χ1n) is 8.30. The molecule has 3 heteroatoms. The third-order valence-electron chi connectivity index (χ3n) is 5.09. The Labute approximate surface area is 127 Å². The molecule has 2 aliphatic rings. The molecule has 1 saturated heterocycles. The van der Waals surface area contributed by atoms with Crippen LogP contribution in [0.3, 0.4) is 0 Å². The highest BCUT2D eigenvalue weighted by atomic mass is 32.1. The van der Waals surface area contributed by atoms with E-state index in [4.69, 9.17) is 0 Å². The van der Waals surface area contributed by atoms with Crippen molar-refractivity contribution in [1.29, 1.82) is 0 Å². The summed E-state index contributed by atoms with van der Waals surface area (Å²) in [6, 6.07) is 0.733. The molecule has 1 saturated carbocycles. The standard InChI is InChI=1S/C17H28N2S/c1-14-12-20-13-16(14)10-19-9-5-8-18-17(11-19)15-6-3-2-4-7-15/h12-13,15,17-18H,2-11H2,1H3. The second-order valence-corrected chi connectivity index (χ2v) is 7.37. The number of nitrogens with zero attached hydrogens (tertiary/aromatic N) is 1. The Morgan fingerprint density at radius 1 is 1.20 bits per heavy atom. The molecule has 1 atom stereocenters. The van der Waals surface area contributed by atoms with E-state index in [1.807, 2.05) is 11.3 Å². The number of rotatable bonds is 3. The molecular formula is C17H28N2S. The molecule has 2 heterocycles. The van der Waals surface area contributed by atoms with Gasteiger partial charge in [0.2, 0.25) is 0 Å². The molecule has 1 aliphatic heterocycles. The van der Waals surface area contributed by atoms with Crippen molar-refractivity contribution in [3.05, 3.63) is 21.9 Å². The summed E-state index contributed by atoms with van der Waals surface area (Å²) in [5, 5.41) is 8.45. The smallest absolute Gasteiger partial charge is 0.0245 e. The number of hydrogen-bond acceptors (Lipinski definition) is 3. The van der Waals surface area contributed by atoms with Crippen LogP contribution in [-0.2, 0) is 6.54 Å². The first-order chi connectivity index (χ1) is 9.83. The normalized spacial score (nSPS) is 26.6. The van der Waals surface area contributed by atoms with Gasteiger partial charge in [0.05, 0.1) is 0 Å². The summed E-state index contributed by atoms with van der Waals surface area (Å²) in [7, 11) is 0. The molecule has 0 aromatic carbocycles. The summed E-state index contributed by atoms with van der Waals surface area (Å²) in [6.07, 6.45) is 8.55. The highest BCUT2D eigenvalue weighted by Crippen LogP contribution is 2.28. The van der Waals surface area contributed by atoms with Gasteiger partial charge in [-0.1, -0.05) is 19.3 Å². The second-order valence-electron chi connectivity index (χ2n) is 6.63. The molecule has 1 aliphatic carbocycles. The fourth-order valence-corrected chi connectivity index (χ4v) is 4.66. The lowest BCUT2D eigenvalue weighted by molar-refractivity contribution is 0.201. The molecule has 0 radical (unpaired) electrons. The van der Waals surface area contributed by atoms with Crippen LogP contribution in [0.25, 0.3) is 0 Å². The van der Waals surface area contributed by atoms with E-state index in [0.29, 0.717) is 0 Å². The van der Waals surface area contributed by atoms with Crippen LogP contribution >= 0.6 is 11.3 Å². The monoisotopic (exact) mass is 292 g/mol. The third kappa shape index (κ3) is 3.63.